The van der Waals surface area contributed by atoms with Gasteiger partial charge >= 0.3 is 5.97 Å². The number of rotatable bonds is 4. The van der Waals surface area contributed by atoms with Crippen molar-refractivity contribution >= 4 is 29.2 Å². The number of anilines is 1. The molecule has 4 aromatic rings. The highest BCUT2D eigenvalue weighted by Gasteiger charge is 2.26. The van der Waals surface area contributed by atoms with E-state index in [0.29, 0.717) is 45.4 Å². The molecule has 158 valence electrons. The van der Waals surface area contributed by atoms with Gasteiger partial charge in [0.2, 0.25) is 5.89 Å². The van der Waals surface area contributed by atoms with Crippen LogP contribution in [0.3, 0.4) is 0 Å². The van der Waals surface area contributed by atoms with Gasteiger partial charge in [0.15, 0.2) is 5.76 Å². The number of aryl methyl sites for hydroxylation is 1. The fraction of sp³-hybridized carbons (Fsp3) is 0.0800. The molecule has 0 fully saturated rings. The first-order chi connectivity index (χ1) is 15.4. The van der Waals surface area contributed by atoms with Crippen molar-refractivity contribution in [1.82, 2.24) is 9.97 Å². The van der Waals surface area contributed by atoms with Crippen LogP contribution < -0.4 is 5.32 Å². The van der Waals surface area contributed by atoms with Gasteiger partial charge < -0.3 is 19.8 Å². The van der Waals surface area contributed by atoms with E-state index < -0.39 is 5.97 Å². The number of fused-ring (bicyclic) bond motifs is 1. The van der Waals surface area contributed by atoms with Gasteiger partial charge in [-0.25, -0.2) is 9.78 Å². The Morgan fingerprint density at radius 2 is 1.88 bits per heavy atom. The van der Waals surface area contributed by atoms with Crippen LogP contribution in [0.1, 0.15) is 32.9 Å². The van der Waals surface area contributed by atoms with Crippen molar-refractivity contribution in [3.8, 4) is 22.8 Å². The third-order valence-corrected chi connectivity index (χ3v) is 5.59. The number of benzene rings is 2. The van der Waals surface area contributed by atoms with Gasteiger partial charge in [-0.05, 0) is 43.7 Å². The van der Waals surface area contributed by atoms with E-state index >= 15 is 0 Å². The lowest BCUT2D eigenvalue weighted by Gasteiger charge is -2.02. The highest BCUT2D eigenvalue weighted by molar-refractivity contribution is 6.35. The summed E-state index contributed by atoms with van der Waals surface area (Å²) in [5.74, 6) is -0.147. The lowest BCUT2D eigenvalue weighted by Crippen LogP contribution is -2.03. The Morgan fingerprint density at radius 3 is 2.59 bits per heavy atom. The number of hydrogen-bond acceptors (Lipinski definition) is 4. The molecule has 2 aromatic heterocycles. The second-order valence-corrected chi connectivity index (χ2v) is 7.64. The van der Waals surface area contributed by atoms with Crippen LogP contribution in [-0.2, 0) is 4.79 Å². The molecule has 1 aliphatic heterocycles. The molecular weight excluding hydrogens is 406 g/mol. The molecule has 7 nitrogen and oxygen atoms in total. The summed E-state index contributed by atoms with van der Waals surface area (Å²) in [4.78, 5) is 31.7. The number of carbonyl (C=O) groups is 2. The first kappa shape index (κ1) is 19.6. The molecule has 2 aromatic carbocycles. The van der Waals surface area contributed by atoms with Crippen molar-refractivity contribution < 1.29 is 19.1 Å². The number of oxazole rings is 1. The summed E-state index contributed by atoms with van der Waals surface area (Å²) in [5.41, 5.74) is 5.43. The Bertz CT molecular complexity index is 1410. The predicted molar refractivity (Wildman–Crippen MR) is 121 cm³/mol. The van der Waals surface area contributed by atoms with Crippen molar-refractivity contribution in [2.75, 3.05) is 5.32 Å². The van der Waals surface area contributed by atoms with E-state index in [-0.39, 0.29) is 11.5 Å². The average Bonchev–Trinajstić information content (AvgIpc) is 3.45. The zero-order valence-electron chi connectivity index (χ0n) is 17.4. The quantitative estimate of drug-likeness (QED) is 0.392. The van der Waals surface area contributed by atoms with E-state index in [0.717, 1.165) is 11.1 Å². The number of nitrogens with one attached hydrogen (secondary N) is 2. The standard InChI is InChI=1S/C25H19N3O4/c1-13-20(27-14(2)22(13)25(30)31)11-18-17-10-16(8-9-19(17)28-23(18)29)24-26-12-21(32-24)15-6-4-3-5-7-15/h3-12,27H,1-2H3,(H,28,29)(H,30,31)/b18-11-. The summed E-state index contributed by atoms with van der Waals surface area (Å²) in [7, 11) is 0. The smallest absolute Gasteiger partial charge is 0.337 e. The molecule has 0 spiro atoms. The van der Waals surface area contributed by atoms with Crippen LogP contribution in [0.25, 0.3) is 34.4 Å². The third-order valence-electron chi connectivity index (χ3n) is 5.59. The summed E-state index contributed by atoms with van der Waals surface area (Å²) in [6, 6.07) is 15.2. The van der Waals surface area contributed by atoms with Gasteiger partial charge in [-0.2, -0.15) is 0 Å². The number of hydrogen-bond donors (Lipinski definition) is 3. The zero-order valence-corrected chi connectivity index (χ0v) is 17.4. The minimum Gasteiger partial charge on any atom is -0.478 e. The fourth-order valence-corrected chi connectivity index (χ4v) is 3.99. The molecular formula is C25H19N3O4. The van der Waals surface area contributed by atoms with Gasteiger partial charge in [-0.15, -0.1) is 0 Å². The van der Waals surface area contributed by atoms with Crippen LogP contribution in [0.2, 0.25) is 0 Å². The van der Waals surface area contributed by atoms with Crippen LogP contribution in [0.15, 0.2) is 59.1 Å². The van der Waals surface area contributed by atoms with E-state index in [1.54, 1.807) is 26.1 Å². The van der Waals surface area contributed by atoms with Crippen LogP contribution in [0.5, 0.6) is 0 Å². The molecule has 0 unspecified atom stereocenters. The monoisotopic (exact) mass is 425 g/mol. The second-order valence-electron chi connectivity index (χ2n) is 7.64. The first-order valence-corrected chi connectivity index (χ1v) is 10.0. The Balaban J connectivity index is 1.55. The largest absolute Gasteiger partial charge is 0.478 e. The molecule has 0 bridgehead atoms. The Hall–Kier alpha value is -4.39. The highest BCUT2D eigenvalue weighted by Crippen LogP contribution is 2.37. The number of aromatic amines is 1. The summed E-state index contributed by atoms with van der Waals surface area (Å²) >= 11 is 0. The van der Waals surface area contributed by atoms with E-state index in [4.69, 9.17) is 4.42 Å². The Labute approximate surface area is 183 Å². The van der Waals surface area contributed by atoms with Gasteiger partial charge in [-0.3, -0.25) is 4.79 Å². The normalized spacial score (nSPS) is 13.9. The minimum absolute atomic E-state index is 0.220. The molecule has 0 saturated heterocycles. The van der Waals surface area contributed by atoms with Crippen LogP contribution in [-0.4, -0.2) is 27.0 Å². The van der Waals surface area contributed by atoms with E-state index in [2.05, 4.69) is 15.3 Å². The lowest BCUT2D eigenvalue weighted by molar-refractivity contribution is -0.110. The Kier molecular flexibility index (Phi) is 4.52. The zero-order chi connectivity index (χ0) is 22.4. The summed E-state index contributed by atoms with van der Waals surface area (Å²) in [6.45, 7) is 3.42. The molecule has 1 aliphatic rings. The summed E-state index contributed by atoms with van der Waals surface area (Å²) < 4.78 is 5.95. The van der Waals surface area contributed by atoms with Crippen molar-refractivity contribution in [3.63, 3.8) is 0 Å². The van der Waals surface area contributed by atoms with Crippen molar-refractivity contribution in [3.05, 3.63) is 82.8 Å². The number of H-pyrrole nitrogens is 1. The van der Waals surface area contributed by atoms with Crippen molar-refractivity contribution in [2.24, 2.45) is 0 Å². The van der Waals surface area contributed by atoms with Gasteiger partial charge in [0.05, 0.1) is 17.3 Å². The predicted octanol–water partition coefficient (Wildman–Crippen LogP) is 5.14. The van der Waals surface area contributed by atoms with E-state index in [9.17, 15) is 14.7 Å². The summed E-state index contributed by atoms with van der Waals surface area (Å²) in [5, 5.41) is 12.3. The summed E-state index contributed by atoms with van der Waals surface area (Å²) in [6.07, 6.45) is 3.36. The average molecular weight is 425 g/mol. The van der Waals surface area contributed by atoms with Gasteiger partial charge in [0, 0.05) is 33.8 Å². The number of amides is 1. The lowest BCUT2D eigenvalue weighted by atomic mass is 10.0. The molecule has 32 heavy (non-hydrogen) atoms. The maximum atomic E-state index is 12.7. The number of aromatic carboxylic acids is 1. The molecule has 0 radical (unpaired) electrons. The Morgan fingerprint density at radius 1 is 1.09 bits per heavy atom. The molecule has 3 N–H and O–H groups in total. The fourth-order valence-electron chi connectivity index (χ4n) is 3.99. The number of nitrogens with zero attached hydrogens (tertiary/aromatic N) is 1. The molecule has 0 aliphatic carbocycles. The molecule has 3 heterocycles. The topological polar surface area (TPSA) is 108 Å². The van der Waals surface area contributed by atoms with Gasteiger partial charge in [0.1, 0.15) is 0 Å². The first-order valence-electron chi connectivity index (χ1n) is 10.0. The SMILES string of the molecule is Cc1[nH]c(/C=C2\C(=O)Nc3ccc(-c4ncc(-c5ccccc5)o4)cc32)c(C)c1C(=O)O. The molecule has 1 amide bonds. The highest BCUT2D eigenvalue weighted by atomic mass is 16.4. The van der Waals surface area contributed by atoms with E-state index in [1.165, 1.54) is 0 Å². The maximum absolute atomic E-state index is 12.7. The number of aromatic nitrogens is 2. The third kappa shape index (κ3) is 3.20. The molecule has 0 atom stereocenters. The number of carbonyl (C=O) groups excluding carboxylic acids is 1. The number of carboxylic acid groups (broad SMARTS) is 1. The van der Waals surface area contributed by atoms with Gasteiger partial charge in [0.25, 0.3) is 5.91 Å². The molecule has 7 heteroatoms. The van der Waals surface area contributed by atoms with Crippen LogP contribution in [0, 0.1) is 13.8 Å². The van der Waals surface area contributed by atoms with Crippen molar-refractivity contribution in [2.45, 2.75) is 13.8 Å². The second kappa shape index (κ2) is 7.39. The van der Waals surface area contributed by atoms with Crippen LogP contribution >= 0.6 is 0 Å². The van der Waals surface area contributed by atoms with E-state index in [1.807, 2.05) is 48.5 Å². The van der Waals surface area contributed by atoms with Crippen molar-refractivity contribution in [1.29, 1.82) is 0 Å². The van der Waals surface area contributed by atoms with Gasteiger partial charge in [-0.1, -0.05) is 30.3 Å². The van der Waals surface area contributed by atoms with Crippen LogP contribution in [0.4, 0.5) is 5.69 Å². The molecule has 5 rings (SSSR count). The molecule has 0 saturated carbocycles. The minimum atomic E-state index is -1.00. The number of carboxylic acids is 1. The maximum Gasteiger partial charge on any atom is 0.337 e.